The first kappa shape index (κ1) is 17.3. The van der Waals surface area contributed by atoms with Crippen LogP contribution in [0, 0.1) is 0 Å². The zero-order chi connectivity index (χ0) is 13.5. The van der Waals surface area contributed by atoms with Crippen LogP contribution >= 0.6 is 0 Å². The van der Waals surface area contributed by atoms with E-state index in [9.17, 15) is 9.59 Å². The highest BCUT2D eigenvalue weighted by atomic mass is 16.1. The van der Waals surface area contributed by atoms with Gasteiger partial charge in [-0.05, 0) is 13.0 Å². The lowest BCUT2D eigenvalue weighted by molar-refractivity contribution is -0.108. The van der Waals surface area contributed by atoms with Crippen molar-refractivity contribution < 1.29 is 9.59 Å². The summed E-state index contributed by atoms with van der Waals surface area (Å²) in [6.45, 7) is 4.85. The van der Waals surface area contributed by atoms with Crippen molar-refractivity contribution in [1.82, 2.24) is 4.90 Å². The predicted molar refractivity (Wildman–Crippen MR) is 75.8 cm³/mol. The van der Waals surface area contributed by atoms with Crippen LogP contribution in [-0.2, 0) is 9.59 Å². The highest BCUT2D eigenvalue weighted by Crippen LogP contribution is 2.07. The molecule has 3 nitrogen and oxygen atoms in total. The van der Waals surface area contributed by atoms with Gasteiger partial charge in [0, 0.05) is 25.9 Å². The molecular formula is C15H29NO2. The molecule has 0 spiro atoms. The fourth-order valence-corrected chi connectivity index (χ4v) is 2.10. The topological polar surface area (TPSA) is 37.4 Å². The van der Waals surface area contributed by atoms with Gasteiger partial charge in [-0.1, -0.05) is 45.4 Å². The first-order valence-corrected chi connectivity index (χ1v) is 7.44. The van der Waals surface area contributed by atoms with Gasteiger partial charge in [-0.25, -0.2) is 0 Å². The fourth-order valence-electron chi connectivity index (χ4n) is 2.10. The van der Waals surface area contributed by atoms with Gasteiger partial charge in [0.05, 0.1) is 0 Å². The molecule has 0 heterocycles. The molecule has 0 aliphatic carbocycles. The van der Waals surface area contributed by atoms with Crippen molar-refractivity contribution in [3.8, 4) is 0 Å². The van der Waals surface area contributed by atoms with Crippen LogP contribution in [0.4, 0.5) is 0 Å². The molecule has 0 aromatic rings. The standard InChI is InChI=1S/C15H29NO2/c1-2-3-4-5-6-7-8-11-16(12-9-14-17)13-10-15-18/h14-15H,2-13H2,1H3. The molecule has 106 valence electrons. The van der Waals surface area contributed by atoms with E-state index in [0.29, 0.717) is 12.8 Å². The Morgan fingerprint density at radius 2 is 1.22 bits per heavy atom. The van der Waals surface area contributed by atoms with Gasteiger partial charge in [0.1, 0.15) is 12.6 Å². The number of nitrogens with zero attached hydrogens (tertiary/aromatic N) is 1. The lowest BCUT2D eigenvalue weighted by Crippen LogP contribution is -2.27. The molecule has 0 atom stereocenters. The molecular weight excluding hydrogens is 226 g/mol. The number of hydrogen-bond acceptors (Lipinski definition) is 3. The van der Waals surface area contributed by atoms with Gasteiger partial charge in [0.15, 0.2) is 0 Å². The SMILES string of the molecule is CCCCCCCCCN(CCC=O)CCC=O. The fraction of sp³-hybridized carbons (Fsp3) is 0.867. The van der Waals surface area contributed by atoms with Crippen LogP contribution in [-0.4, -0.2) is 37.1 Å². The minimum absolute atomic E-state index is 0.579. The average Bonchev–Trinajstić information content (AvgIpc) is 2.40. The maximum absolute atomic E-state index is 10.4. The van der Waals surface area contributed by atoms with E-state index < -0.39 is 0 Å². The molecule has 0 radical (unpaired) electrons. The normalized spacial score (nSPS) is 10.8. The lowest BCUT2D eigenvalue weighted by Gasteiger charge is -2.20. The molecule has 0 aliphatic rings. The Morgan fingerprint density at radius 3 is 1.72 bits per heavy atom. The molecule has 0 amide bonds. The summed E-state index contributed by atoms with van der Waals surface area (Å²) in [5.41, 5.74) is 0. The smallest absolute Gasteiger partial charge is 0.121 e. The maximum Gasteiger partial charge on any atom is 0.121 e. The van der Waals surface area contributed by atoms with Crippen LogP contribution in [0.5, 0.6) is 0 Å². The van der Waals surface area contributed by atoms with E-state index in [0.717, 1.165) is 32.2 Å². The lowest BCUT2D eigenvalue weighted by atomic mass is 10.1. The summed E-state index contributed by atoms with van der Waals surface area (Å²) < 4.78 is 0. The number of hydrogen-bond donors (Lipinski definition) is 0. The van der Waals surface area contributed by atoms with Crippen LogP contribution in [0.15, 0.2) is 0 Å². The van der Waals surface area contributed by atoms with Crippen molar-refractivity contribution in [1.29, 1.82) is 0 Å². The summed E-state index contributed by atoms with van der Waals surface area (Å²) in [4.78, 5) is 23.0. The molecule has 0 unspecified atom stereocenters. The molecule has 0 rings (SSSR count). The summed E-state index contributed by atoms with van der Waals surface area (Å²) in [7, 11) is 0. The van der Waals surface area contributed by atoms with E-state index in [2.05, 4.69) is 11.8 Å². The number of carbonyl (C=O) groups is 2. The highest BCUT2D eigenvalue weighted by Gasteiger charge is 2.03. The summed E-state index contributed by atoms with van der Waals surface area (Å²) in [5.74, 6) is 0. The van der Waals surface area contributed by atoms with E-state index in [4.69, 9.17) is 0 Å². The molecule has 0 saturated heterocycles. The van der Waals surface area contributed by atoms with Gasteiger partial charge in [-0.3, -0.25) is 0 Å². The van der Waals surface area contributed by atoms with E-state index in [1.165, 1.54) is 44.9 Å². The number of carbonyl (C=O) groups excluding carboxylic acids is 2. The van der Waals surface area contributed by atoms with E-state index in [1.807, 2.05) is 0 Å². The summed E-state index contributed by atoms with van der Waals surface area (Å²) >= 11 is 0. The molecule has 0 fully saturated rings. The summed E-state index contributed by atoms with van der Waals surface area (Å²) in [5, 5.41) is 0. The van der Waals surface area contributed by atoms with Gasteiger partial charge in [0.2, 0.25) is 0 Å². The molecule has 0 N–H and O–H groups in total. The van der Waals surface area contributed by atoms with E-state index in [-0.39, 0.29) is 0 Å². The van der Waals surface area contributed by atoms with Crippen LogP contribution < -0.4 is 0 Å². The van der Waals surface area contributed by atoms with Crippen molar-refractivity contribution >= 4 is 12.6 Å². The van der Waals surface area contributed by atoms with Crippen molar-refractivity contribution in [3.05, 3.63) is 0 Å². The Kier molecular flexibility index (Phi) is 13.8. The van der Waals surface area contributed by atoms with Crippen LogP contribution in [0.2, 0.25) is 0 Å². The van der Waals surface area contributed by atoms with Gasteiger partial charge in [-0.15, -0.1) is 0 Å². The first-order valence-electron chi connectivity index (χ1n) is 7.44. The molecule has 18 heavy (non-hydrogen) atoms. The molecule has 3 heteroatoms. The van der Waals surface area contributed by atoms with Crippen LogP contribution in [0.3, 0.4) is 0 Å². The number of aldehydes is 2. The van der Waals surface area contributed by atoms with Crippen molar-refractivity contribution in [2.24, 2.45) is 0 Å². The highest BCUT2D eigenvalue weighted by molar-refractivity contribution is 5.50. The molecule has 0 bridgehead atoms. The van der Waals surface area contributed by atoms with Gasteiger partial charge in [-0.2, -0.15) is 0 Å². The maximum atomic E-state index is 10.4. The Hall–Kier alpha value is -0.700. The minimum Gasteiger partial charge on any atom is -0.303 e. The monoisotopic (exact) mass is 255 g/mol. The molecule has 0 aromatic carbocycles. The van der Waals surface area contributed by atoms with Gasteiger partial charge >= 0.3 is 0 Å². The second-order valence-electron chi connectivity index (χ2n) is 4.87. The zero-order valence-electron chi connectivity index (χ0n) is 11.9. The minimum atomic E-state index is 0.579. The Morgan fingerprint density at radius 1 is 0.722 bits per heavy atom. The molecule has 0 aromatic heterocycles. The Balaban J connectivity index is 3.48. The zero-order valence-corrected chi connectivity index (χ0v) is 11.9. The van der Waals surface area contributed by atoms with E-state index >= 15 is 0 Å². The predicted octanol–water partition coefficient (Wildman–Crippen LogP) is 3.22. The summed E-state index contributed by atoms with van der Waals surface area (Å²) in [6.07, 6.45) is 12.2. The largest absolute Gasteiger partial charge is 0.303 e. The second-order valence-corrected chi connectivity index (χ2v) is 4.87. The quantitative estimate of drug-likeness (QED) is 0.353. The third kappa shape index (κ3) is 11.8. The third-order valence-corrected chi connectivity index (χ3v) is 3.20. The first-order chi connectivity index (χ1) is 8.85. The van der Waals surface area contributed by atoms with Crippen molar-refractivity contribution in [2.45, 2.75) is 64.7 Å². The van der Waals surface area contributed by atoms with Crippen molar-refractivity contribution in [3.63, 3.8) is 0 Å². The number of unbranched alkanes of at least 4 members (excludes halogenated alkanes) is 6. The van der Waals surface area contributed by atoms with Gasteiger partial charge in [0.25, 0.3) is 0 Å². The molecule has 0 aliphatic heterocycles. The third-order valence-electron chi connectivity index (χ3n) is 3.20. The Labute approximate surface area is 112 Å². The van der Waals surface area contributed by atoms with Crippen molar-refractivity contribution in [2.75, 3.05) is 19.6 Å². The van der Waals surface area contributed by atoms with Gasteiger partial charge < -0.3 is 14.5 Å². The van der Waals surface area contributed by atoms with Crippen LogP contribution in [0.25, 0.3) is 0 Å². The van der Waals surface area contributed by atoms with Crippen LogP contribution in [0.1, 0.15) is 64.7 Å². The van der Waals surface area contributed by atoms with E-state index in [1.54, 1.807) is 0 Å². The second kappa shape index (κ2) is 14.4. The summed E-state index contributed by atoms with van der Waals surface area (Å²) in [6, 6.07) is 0. The Bertz CT molecular complexity index is 183. The molecule has 0 saturated carbocycles. The average molecular weight is 255 g/mol. The number of rotatable bonds is 14.